The van der Waals surface area contributed by atoms with Crippen LogP contribution in [0.2, 0.25) is 10.0 Å². The summed E-state index contributed by atoms with van der Waals surface area (Å²) in [5, 5.41) is 14.4. The van der Waals surface area contributed by atoms with Gasteiger partial charge in [-0.05, 0) is 37.5 Å². The van der Waals surface area contributed by atoms with Gasteiger partial charge in [0.25, 0.3) is 0 Å². The van der Waals surface area contributed by atoms with Gasteiger partial charge < -0.3 is 10.2 Å². The molecule has 3 aromatic heterocycles. The van der Waals surface area contributed by atoms with E-state index in [1.54, 1.807) is 29.6 Å². The highest BCUT2D eigenvalue weighted by Gasteiger charge is 2.32. The highest BCUT2D eigenvalue weighted by atomic mass is 35.5. The van der Waals surface area contributed by atoms with Gasteiger partial charge in [-0.2, -0.15) is 5.10 Å². The van der Waals surface area contributed by atoms with E-state index in [0.29, 0.717) is 45.7 Å². The molecule has 5 heterocycles. The van der Waals surface area contributed by atoms with Crippen LogP contribution in [-0.4, -0.2) is 62.3 Å². The first-order chi connectivity index (χ1) is 19.3. The van der Waals surface area contributed by atoms with Crippen molar-refractivity contribution in [3.05, 3.63) is 58.5 Å². The lowest BCUT2D eigenvalue weighted by atomic mass is 9.89. The number of benzene rings is 1. The van der Waals surface area contributed by atoms with Crippen molar-refractivity contribution in [3.8, 4) is 11.3 Å². The zero-order chi connectivity index (χ0) is 27.9. The Hall–Kier alpha value is -3.80. The number of anilines is 2. The molecule has 2 aliphatic rings. The van der Waals surface area contributed by atoms with Crippen LogP contribution >= 0.6 is 23.2 Å². The van der Waals surface area contributed by atoms with Crippen molar-refractivity contribution in [3.63, 3.8) is 0 Å². The predicted octanol–water partition coefficient (Wildman–Crippen LogP) is 4.32. The maximum atomic E-state index is 12.4. The molecule has 2 aliphatic heterocycles. The third-order valence-electron chi connectivity index (χ3n) is 7.60. The maximum Gasteiger partial charge on any atom is 0.328 e. The Morgan fingerprint density at radius 3 is 2.73 bits per heavy atom. The molecule has 0 unspecified atom stereocenters. The van der Waals surface area contributed by atoms with Crippen LogP contribution in [0.15, 0.2) is 42.9 Å². The Morgan fingerprint density at radius 1 is 1.10 bits per heavy atom. The van der Waals surface area contributed by atoms with Crippen LogP contribution in [0.4, 0.5) is 16.3 Å². The quantitative estimate of drug-likeness (QED) is 0.307. The smallest absolute Gasteiger partial charge is 0.328 e. The number of hydrogen-bond donors (Lipinski definition) is 3. The number of rotatable bonds is 6. The number of urea groups is 1. The summed E-state index contributed by atoms with van der Waals surface area (Å²) < 4.78 is 0. The van der Waals surface area contributed by atoms with Crippen molar-refractivity contribution in [1.29, 1.82) is 0 Å². The highest BCUT2D eigenvalue weighted by Crippen LogP contribution is 2.35. The minimum atomic E-state index is -0.414. The number of aromatic nitrogens is 5. The Balaban J connectivity index is 1.12. The number of aromatic amines is 1. The number of nitrogens with zero attached hydrogens (tertiary/aromatic N) is 6. The molecule has 2 saturated heterocycles. The molecule has 0 radical (unpaired) electrons. The van der Waals surface area contributed by atoms with Crippen molar-refractivity contribution in [2.45, 2.75) is 38.3 Å². The molecule has 40 heavy (non-hydrogen) atoms. The van der Waals surface area contributed by atoms with E-state index < -0.39 is 6.03 Å². The Labute approximate surface area is 240 Å². The summed E-state index contributed by atoms with van der Waals surface area (Å²) in [5.41, 5.74) is 4.11. The second-order valence-electron chi connectivity index (χ2n) is 10.3. The van der Waals surface area contributed by atoms with Crippen molar-refractivity contribution < 1.29 is 9.59 Å². The molecule has 0 bridgehead atoms. The van der Waals surface area contributed by atoms with Gasteiger partial charge in [0.1, 0.15) is 11.3 Å². The fourth-order valence-corrected chi connectivity index (χ4v) is 5.53. The largest absolute Gasteiger partial charge is 0.355 e. The van der Waals surface area contributed by atoms with Gasteiger partial charge in [-0.25, -0.2) is 14.8 Å². The number of H-pyrrole nitrogens is 1. The SMILES string of the molecule is CC1(NCc2ccncc2N2CCC(=O)NC2=O)CCN(c2cnc3c(-c4cccc(Cl)c4Cl)[nH]nc3n2)CC1. The normalized spacial score (nSPS) is 17.4. The zero-order valence-electron chi connectivity index (χ0n) is 21.7. The summed E-state index contributed by atoms with van der Waals surface area (Å²) in [6.45, 7) is 4.70. The van der Waals surface area contributed by atoms with Crippen LogP contribution < -0.4 is 20.4 Å². The number of halogens is 2. The van der Waals surface area contributed by atoms with Crippen LogP contribution in [-0.2, 0) is 11.3 Å². The van der Waals surface area contributed by atoms with Crippen molar-refractivity contribution in [2.24, 2.45) is 0 Å². The fourth-order valence-electron chi connectivity index (χ4n) is 5.14. The summed E-state index contributed by atoms with van der Waals surface area (Å²) >= 11 is 12.6. The van der Waals surface area contributed by atoms with Gasteiger partial charge >= 0.3 is 6.03 Å². The standard InChI is InChI=1S/C27H27Cl2N9O2/c1-27(32-13-16-5-9-30-14-19(16)38-10-6-21(39)34-26(38)40)7-11-37(12-8-27)20-15-31-24-23(35-36-25(24)33-20)17-3-2-4-18(28)22(17)29/h2-5,9,14-15,32H,6-8,10-13H2,1H3,(H,33,35,36)(H,34,39,40). The van der Waals surface area contributed by atoms with Crippen LogP contribution in [0, 0.1) is 0 Å². The number of carbonyl (C=O) groups is 2. The number of hydrogen-bond acceptors (Lipinski definition) is 8. The van der Waals surface area contributed by atoms with Gasteiger partial charge in [-0.15, -0.1) is 0 Å². The number of fused-ring (bicyclic) bond motifs is 1. The van der Waals surface area contributed by atoms with Crippen LogP contribution in [0.5, 0.6) is 0 Å². The van der Waals surface area contributed by atoms with E-state index in [9.17, 15) is 9.59 Å². The summed E-state index contributed by atoms with van der Waals surface area (Å²) in [6, 6.07) is 6.93. The lowest BCUT2D eigenvalue weighted by molar-refractivity contribution is -0.120. The van der Waals surface area contributed by atoms with E-state index in [1.165, 1.54) is 0 Å². The van der Waals surface area contributed by atoms with Crippen molar-refractivity contribution in [1.82, 2.24) is 35.8 Å². The third kappa shape index (κ3) is 5.07. The number of imide groups is 1. The average Bonchev–Trinajstić information content (AvgIpc) is 3.37. The molecule has 0 atom stereocenters. The molecule has 11 nitrogen and oxygen atoms in total. The molecule has 2 fully saturated rings. The van der Waals surface area contributed by atoms with Crippen molar-refractivity contribution >= 4 is 57.8 Å². The molecule has 4 aromatic rings. The van der Waals surface area contributed by atoms with Crippen LogP contribution in [0.1, 0.15) is 31.7 Å². The molecule has 6 rings (SSSR count). The molecule has 206 valence electrons. The molecule has 13 heteroatoms. The lowest BCUT2D eigenvalue weighted by Crippen LogP contribution is -2.52. The van der Waals surface area contributed by atoms with Gasteiger partial charge in [0.2, 0.25) is 11.6 Å². The van der Waals surface area contributed by atoms with Gasteiger partial charge in [0.05, 0.1) is 33.8 Å². The minimum Gasteiger partial charge on any atom is -0.355 e. The fraction of sp³-hybridized carbons (Fsp3) is 0.333. The molecule has 0 aliphatic carbocycles. The monoisotopic (exact) mass is 579 g/mol. The second kappa shape index (κ2) is 10.6. The first kappa shape index (κ1) is 26.4. The summed E-state index contributed by atoms with van der Waals surface area (Å²) in [7, 11) is 0. The van der Waals surface area contributed by atoms with E-state index in [1.807, 2.05) is 18.2 Å². The summed E-state index contributed by atoms with van der Waals surface area (Å²) in [6.07, 6.45) is 7.20. The molecular formula is C27H27Cl2N9O2. The molecule has 0 saturated carbocycles. The third-order valence-corrected chi connectivity index (χ3v) is 8.42. The Kier molecular flexibility index (Phi) is 7.03. The number of carbonyl (C=O) groups excluding carboxylic acids is 2. The maximum absolute atomic E-state index is 12.4. The number of nitrogens with one attached hydrogen (secondary N) is 3. The number of amides is 3. The second-order valence-corrected chi connectivity index (χ2v) is 11.0. The van der Waals surface area contributed by atoms with Crippen molar-refractivity contribution in [2.75, 3.05) is 29.4 Å². The van der Waals surface area contributed by atoms with E-state index in [0.717, 1.165) is 42.9 Å². The summed E-state index contributed by atoms with van der Waals surface area (Å²) in [4.78, 5) is 41.4. The van der Waals surface area contributed by atoms with Gasteiger partial charge in [0, 0.05) is 49.9 Å². The van der Waals surface area contributed by atoms with Gasteiger partial charge in [0.15, 0.2) is 0 Å². The van der Waals surface area contributed by atoms with Gasteiger partial charge in [-0.3, -0.25) is 25.1 Å². The topological polar surface area (TPSA) is 132 Å². The minimum absolute atomic E-state index is 0.114. The Morgan fingerprint density at radius 2 is 1.93 bits per heavy atom. The van der Waals surface area contributed by atoms with E-state index in [4.69, 9.17) is 28.2 Å². The molecule has 0 spiro atoms. The number of pyridine rings is 1. The van der Waals surface area contributed by atoms with Gasteiger partial charge in [-0.1, -0.05) is 35.3 Å². The van der Waals surface area contributed by atoms with E-state index in [-0.39, 0.29) is 17.9 Å². The molecular weight excluding hydrogens is 553 g/mol. The Bertz CT molecular complexity index is 1600. The summed E-state index contributed by atoms with van der Waals surface area (Å²) in [5.74, 6) is 0.512. The molecule has 3 N–H and O–H groups in total. The zero-order valence-corrected chi connectivity index (χ0v) is 23.3. The van der Waals surface area contributed by atoms with Crippen LogP contribution in [0.25, 0.3) is 22.4 Å². The van der Waals surface area contributed by atoms with E-state index >= 15 is 0 Å². The highest BCUT2D eigenvalue weighted by molar-refractivity contribution is 6.43. The van der Waals surface area contributed by atoms with E-state index in [2.05, 4.69) is 42.6 Å². The molecule has 1 aromatic carbocycles. The number of piperidine rings is 1. The lowest BCUT2D eigenvalue weighted by Gasteiger charge is -2.40. The van der Waals surface area contributed by atoms with Crippen LogP contribution in [0.3, 0.4) is 0 Å². The molecule has 3 amide bonds. The first-order valence-corrected chi connectivity index (χ1v) is 13.8. The predicted molar refractivity (Wildman–Crippen MR) is 154 cm³/mol. The first-order valence-electron chi connectivity index (χ1n) is 13.0. The average molecular weight is 580 g/mol.